The Bertz CT molecular complexity index is 1530. The molecule has 8 heteroatoms. The number of Topliss-reactive ketones (excluding diaryl/α,β-unsaturated/α-hetero) is 1. The lowest BCUT2D eigenvalue weighted by molar-refractivity contribution is -0.123. The summed E-state index contributed by atoms with van der Waals surface area (Å²) in [5, 5.41) is 10.1. The van der Waals surface area contributed by atoms with Crippen LogP contribution in [0, 0.1) is 17.8 Å². The first kappa shape index (κ1) is 24.6. The van der Waals surface area contributed by atoms with E-state index in [2.05, 4.69) is 15.9 Å². The highest BCUT2D eigenvalue weighted by atomic mass is 79.9. The number of ether oxygens (including phenoxy) is 1. The number of anilines is 1. The summed E-state index contributed by atoms with van der Waals surface area (Å²) in [6.45, 7) is 1.63. The van der Waals surface area contributed by atoms with Gasteiger partial charge in [-0.3, -0.25) is 24.1 Å². The maximum Gasteiger partial charge on any atom is 0.238 e. The van der Waals surface area contributed by atoms with E-state index in [9.17, 15) is 24.3 Å². The van der Waals surface area contributed by atoms with Gasteiger partial charge in [0.2, 0.25) is 11.8 Å². The molecule has 192 valence electrons. The number of nitrogens with zero attached hydrogens (tertiary/aromatic N) is 1. The smallest absolute Gasteiger partial charge is 0.238 e. The van der Waals surface area contributed by atoms with Crippen LogP contribution in [0.4, 0.5) is 5.69 Å². The molecule has 0 spiro atoms. The summed E-state index contributed by atoms with van der Waals surface area (Å²) < 4.78 is 6.42. The molecule has 0 bridgehead atoms. The number of carbonyl (C=O) groups is 4. The van der Waals surface area contributed by atoms with Crippen LogP contribution in [-0.2, 0) is 19.2 Å². The van der Waals surface area contributed by atoms with Gasteiger partial charge in [-0.25, -0.2) is 0 Å². The number of allylic oxidation sites excluding steroid dienone is 6. The second-order valence-corrected chi connectivity index (χ2v) is 11.1. The van der Waals surface area contributed by atoms with Crippen molar-refractivity contribution in [2.24, 2.45) is 17.8 Å². The molecule has 4 aliphatic rings. The zero-order chi connectivity index (χ0) is 26.9. The van der Waals surface area contributed by atoms with E-state index in [4.69, 9.17) is 4.74 Å². The minimum absolute atomic E-state index is 0.00804. The number of aromatic hydroxyl groups is 1. The lowest BCUT2D eigenvalue weighted by Crippen LogP contribution is -2.40. The van der Waals surface area contributed by atoms with Crippen LogP contribution in [0.25, 0.3) is 0 Å². The Kier molecular flexibility index (Phi) is 5.76. The van der Waals surface area contributed by atoms with Gasteiger partial charge in [-0.1, -0.05) is 33.6 Å². The van der Waals surface area contributed by atoms with Crippen molar-refractivity contribution in [1.29, 1.82) is 0 Å². The lowest BCUT2D eigenvalue weighted by atomic mass is 9.59. The standard InChI is InChI=1S/C30H24BrNO6/c1-14-11-23(34)22-13-21-18(25(27(22)28(14)35)19-8-7-17(33)12-24(19)38-2)9-10-20-26(21)30(37)32(29(20)36)16-5-3-15(31)4-6-16/h3-9,11-12,20-21,25-26,33H,10,13H2,1-2H3/t20-,21+,25+,26-/m0/s1. The molecule has 1 fully saturated rings. The molecule has 1 aliphatic heterocycles. The molecular weight excluding hydrogens is 550 g/mol. The zero-order valence-corrected chi connectivity index (χ0v) is 22.3. The van der Waals surface area contributed by atoms with Gasteiger partial charge < -0.3 is 9.84 Å². The van der Waals surface area contributed by atoms with Gasteiger partial charge in [0.1, 0.15) is 11.5 Å². The average molecular weight is 574 g/mol. The molecule has 6 rings (SSSR count). The van der Waals surface area contributed by atoms with Crippen molar-refractivity contribution in [3.63, 3.8) is 0 Å². The number of rotatable bonds is 3. The topological polar surface area (TPSA) is 101 Å². The maximum absolute atomic E-state index is 13.9. The Morgan fingerprint density at radius 2 is 1.74 bits per heavy atom. The van der Waals surface area contributed by atoms with E-state index in [0.29, 0.717) is 40.1 Å². The quantitative estimate of drug-likeness (QED) is 0.321. The molecule has 0 saturated carbocycles. The van der Waals surface area contributed by atoms with E-state index >= 15 is 0 Å². The SMILES string of the molecule is COc1cc(O)ccc1[C@H]1C2=CC[C@@H]3C(=O)N(c4ccc(Br)cc4)C(=O)[C@@H]3[C@@H]2CC2=C1C(=O)C(C)=CC2=O. The van der Waals surface area contributed by atoms with E-state index < -0.39 is 23.7 Å². The van der Waals surface area contributed by atoms with Crippen LogP contribution in [-0.4, -0.2) is 35.6 Å². The van der Waals surface area contributed by atoms with Crippen molar-refractivity contribution in [1.82, 2.24) is 0 Å². The van der Waals surface area contributed by atoms with Crippen molar-refractivity contribution in [2.45, 2.75) is 25.7 Å². The van der Waals surface area contributed by atoms with Gasteiger partial charge in [0.05, 0.1) is 24.6 Å². The van der Waals surface area contributed by atoms with Gasteiger partial charge in [0.25, 0.3) is 0 Å². The normalized spacial score (nSPS) is 26.6. The third-order valence-electron chi connectivity index (χ3n) is 8.18. The van der Waals surface area contributed by atoms with Crippen LogP contribution in [0.5, 0.6) is 11.5 Å². The number of ketones is 2. The first-order valence-electron chi connectivity index (χ1n) is 12.4. The Morgan fingerprint density at radius 1 is 1.00 bits per heavy atom. The van der Waals surface area contributed by atoms with Crippen molar-refractivity contribution in [2.75, 3.05) is 12.0 Å². The molecule has 0 radical (unpaired) electrons. The van der Waals surface area contributed by atoms with Crippen molar-refractivity contribution in [3.8, 4) is 11.5 Å². The molecule has 1 heterocycles. The van der Waals surface area contributed by atoms with Crippen LogP contribution in [0.15, 0.2) is 81.4 Å². The first-order chi connectivity index (χ1) is 18.2. The molecule has 2 aromatic rings. The van der Waals surface area contributed by atoms with Gasteiger partial charge in [-0.05, 0) is 62.1 Å². The summed E-state index contributed by atoms with van der Waals surface area (Å²) in [4.78, 5) is 55.4. The Hall–Kier alpha value is -3.78. The third-order valence-corrected chi connectivity index (χ3v) is 8.71. The fourth-order valence-corrected chi connectivity index (χ4v) is 6.76. The minimum atomic E-state index is -0.652. The second kappa shape index (κ2) is 8.91. The van der Waals surface area contributed by atoms with Gasteiger partial charge in [-0.2, -0.15) is 0 Å². The molecule has 38 heavy (non-hydrogen) atoms. The summed E-state index contributed by atoms with van der Waals surface area (Å²) in [5.41, 5.74) is 3.10. The van der Waals surface area contributed by atoms with E-state index in [1.54, 1.807) is 37.3 Å². The summed E-state index contributed by atoms with van der Waals surface area (Å²) >= 11 is 3.39. The van der Waals surface area contributed by atoms with Crippen LogP contribution in [0.1, 0.15) is 31.2 Å². The van der Waals surface area contributed by atoms with E-state index in [-0.39, 0.29) is 35.6 Å². The number of hydrogen-bond acceptors (Lipinski definition) is 6. The number of phenolic OH excluding ortho intramolecular Hbond substituents is 1. The molecule has 1 saturated heterocycles. The maximum atomic E-state index is 13.9. The van der Waals surface area contributed by atoms with Gasteiger partial charge >= 0.3 is 0 Å². The highest BCUT2D eigenvalue weighted by Crippen LogP contribution is 2.56. The molecule has 7 nitrogen and oxygen atoms in total. The van der Waals surface area contributed by atoms with E-state index in [1.165, 1.54) is 30.2 Å². The van der Waals surface area contributed by atoms with E-state index in [0.717, 1.165) is 10.0 Å². The number of imide groups is 1. The average Bonchev–Trinajstić information content (AvgIpc) is 3.16. The summed E-state index contributed by atoms with van der Waals surface area (Å²) in [5.74, 6) is -2.89. The third kappa shape index (κ3) is 3.54. The predicted octanol–water partition coefficient (Wildman–Crippen LogP) is 4.80. The highest BCUT2D eigenvalue weighted by molar-refractivity contribution is 9.10. The van der Waals surface area contributed by atoms with Gasteiger partial charge in [-0.15, -0.1) is 0 Å². The Morgan fingerprint density at radius 3 is 2.45 bits per heavy atom. The number of carbonyl (C=O) groups excluding carboxylic acids is 4. The number of benzene rings is 2. The molecule has 0 aromatic heterocycles. The monoisotopic (exact) mass is 573 g/mol. The van der Waals surface area contributed by atoms with E-state index in [1.807, 2.05) is 6.08 Å². The largest absolute Gasteiger partial charge is 0.508 e. The summed E-state index contributed by atoms with van der Waals surface area (Å²) in [7, 11) is 1.48. The molecule has 0 unspecified atom stereocenters. The predicted molar refractivity (Wildman–Crippen MR) is 143 cm³/mol. The fraction of sp³-hybridized carbons (Fsp3) is 0.267. The molecule has 1 N–H and O–H groups in total. The van der Waals surface area contributed by atoms with Crippen LogP contribution < -0.4 is 9.64 Å². The van der Waals surface area contributed by atoms with Crippen LogP contribution in [0.3, 0.4) is 0 Å². The highest BCUT2D eigenvalue weighted by Gasteiger charge is 2.56. The zero-order valence-electron chi connectivity index (χ0n) is 20.7. The summed E-state index contributed by atoms with van der Waals surface area (Å²) in [6.07, 6.45) is 3.89. The Labute approximate surface area is 227 Å². The number of hydrogen-bond donors (Lipinski definition) is 1. The molecule has 3 aliphatic carbocycles. The second-order valence-electron chi connectivity index (χ2n) is 10.1. The number of amides is 2. The first-order valence-corrected chi connectivity index (χ1v) is 13.2. The lowest BCUT2D eigenvalue weighted by Gasteiger charge is -2.42. The van der Waals surface area contributed by atoms with Crippen LogP contribution >= 0.6 is 15.9 Å². The number of phenols is 1. The Balaban J connectivity index is 1.50. The molecular formula is C30H24BrNO6. The number of halogens is 1. The fourth-order valence-electron chi connectivity index (χ4n) is 6.50. The summed E-state index contributed by atoms with van der Waals surface area (Å²) in [6, 6.07) is 11.7. The van der Waals surface area contributed by atoms with Crippen LogP contribution in [0.2, 0.25) is 0 Å². The van der Waals surface area contributed by atoms with Gasteiger partial charge in [0.15, 0.2) is 11.6 Å². The molecule has 2 aromatic carbocycles. The van der Waals surface area contributed by atoms with Crippen molar-refractivity contribution < 1.29 is 29.0 Å². The number of methoxy groups -OCH3 is 1. The van der Waals surface area contributed by atoms with Gasteiger partial charge in [0, 0.05) is 38.7 Å². The van der Waals surface area contributed by atoms with Crippen molar-refractivity contribution in [3.05, 3.63) is 86.9 Å². The molecule has 2 amide bonds. The minimum Gasteiger partial charge on any atom is -0.508 e. The number of fused-ring (bicyclic) bond motifs is 3. The molecule has 4 atom stereocenters. The van der Waals surface area contributed by atoms with Crippen molar-refractivity contribution >= 4 is 45.0 Å².